The summed E-state index contributed by atoms with van der Waals surface area (Å²) >= 11 is 0. The number of ether oxygens (including phenoxy) is 2. The summed E-state index contributed by atoms with van der Waals surface area (Å²) in [6, 6.07) is 7.41. The molecule has 2 saturated heterocycles. The number of fused-ring (bicyclic) bond motifs is 2. The molecule has 1 aromatic carbocycles. The number of aliphatic hydroxyl groups excluding tert-OH is 1. The van der Waals surface area contributed by atoms with Gasteiger partial charge in [-0.15, -0.1) is 12.3 Å². The van der Waals surface area contributed by atoms with Gasteiger partial charge < -0.3 is 14.6 Å². The van der Waals surface area contributed by atoms with E-state index in [0.717, 1.165) is 17.9 Å². The predicted molar refractivity (Wildman–Crippen MR) is 86.1 cm³/mol. The van der Waals surface area contributed by atoms with E-state index in [9.17, 15) is 9.90 Å². The zero-order valence-corrected chi connectivity index (χ0v) is 13.4. The van der Waals surface area contributed by atoms with Crippen molar-refractivity contribution in [2.45, 2.75) is 30.8 Å². The Bertz CT molecular complexity index is 754. The first kappa shape index (κ1) is 14.3. The van der Waals surface area contributed by atoms with Crippen LogP contribution in [0.5, 0.6) is 5.75 Å². The molecule has 2 saturated carbocycles. The second kappa shape index (κ2) is 4.53. The Balaban J connectivity index is 1.64. The van der Waals surface area contributed by atoms with Crippen molar-refractivity contribution in [2.75, 3.05) is 12.0 Å². The van der Waals surface area contributed by atoms with E-state index in [0.29, 0.717) is 6.42 Å². The average molecular weight is 325 g/mol. The van der Waals surface area contributed by atoms with Gasteiger partial charge in [-0.3, -0.25) is 9.69 Å². The normalized spacial score (nSPS) is 44.2. The van der Waals surface area contributed by atoms with Crippen molar-refractivity contribution in [3.63, 3.8) is 0 Å². The van der Waals surface area contributed by atoms with Crippen molar-refractivity contribution in [1.29, 1.82) is 0 Å². The van der Waals surface area contributed by atoms with E-state index >= 15 is 0 Å². The number of terminal acetylenes is 1. The number of carbonyl (C=O) groups is 1. The highest BCUT2D eigenvalue weighted by atomic mass is 16.6. The van der Waals surface area contributed by atoms with Crippen LogP contribution < -0.4 is 9.64 Å². The summed E-state index contributed by atoms with van der Waals surface area (Å²) in [6.45, 7) is 0. The summed E-state index contributed by atoms with van der Waals surface area (Å²) in [5, 5.41) is 10.5. The van der Waals surface area contributed by atoms with E-state index in [1.807, 2.05) is 24.3 Å². The van der Waals surface area contributed by atoms with Gasteiger partial charge in [-0.05, 0) is 42.5 Å². The number of benzene rings is 1. The molecule has 2 aliphatic heterocycles. The quantitative estimate of drug-likeness (QED) is 0.854. The van der Waals surface area contributed by atoms with Crippen LogP contribution in [-0.2, 0) is 9.53 Å². The highest BCUT2D eigenvalue weighted by molar-refractivity contribution is 6.00. The van der Waals surface area contributed by atoms with E-state index < -0.39 is 11.8 Å². The van der Waals surface area contributed by atoms with E-state index in [4.69, 9.17) is 15.9 Å². The summed E-state index contributed by atoms with van der Waals surface area (Å²) in [6.07, 6.45) is 6.12. The molecule has 124 valence electrons. The Morgan fingerprint density at radius 2 is 2.17 bits per heavy atom. The first-order valence-corrected chi connectivity index (χ1v) is 8.40. The van der Waals surface area contributed by atoms with Crippen LogP contribution in [0.3, 0.4) is 0 Å². The Hall–Kier alpha value is -2.03. The second-order valence-corrected chi connectivity index (χ2v) is 7.29. The molecule has 1 aromatic rings. The third-order valence-corrected chi connectivity index (χ3v) is 6.48. The number of methoxy groups -OCH3 is 1. The van der Waals surface area contributed by atoms with Gasteiger partial charge in [-0.2, -0.15) is 0 Å². The lowest BCUT2D eigenvalue weighted by atomic mass is 9.76. The standard InChI is InChI=1S/C19H19NO4/c1-3-8-19-15-13-9-12(16(21)17(13)24-19)14(15)18(22)20(19)10-4-6-11(23-2)7-5-10/h1,4-7,12-17,21H,8-9H2,2H3. The third-order valence-electron chi connectivity index (χ3n) is 6.48. The van der Waals surface area contributed by atoms with Gasteiger partial charge in [-0.1, -0.05) is 0 Å². The van der Waals surface area contributed by atoms with Crippen LogP contribution in [0.25, 0.3) is 0 Å². The molecule has 5 rings (SSSR count). The van der Waals surface area contributed by atoms with E-state index in [2.05, 4.69) is 5.92 Å². The Labute approximate surface area is 140 Å². The van der Waals surface area contributed by atoms with Crippen molar-refractivity contribution in [1.82, 2.24) is 0 Å². The smallest absolute Gasteiger partial charge is 0.233 e. The number of rotatable bonds is 3. The van der Waals surface area contributed by atoms with E-state index in [1.54, 1.807) is 12.0 Å². The second-order valence-electron chi connectivity index (χ2n) is 7.29. The van der Waals surface area contributed by atoms with Gasteiger partial charge in [0.05, 0.1) is 31.7 Å². The molecule has 0 spiro atoms. The minimum absolute atomic E-state index is 0.000368. The molecule has 7 atom stereocenters. The lowest BCUT2D eigenvalue weighted by Crippen LogP contribution is -2.51. The predicted octanol–water partition coefficient (Wildman–Crippen LogP) is 1.40. The average Bonchev–Trinajstić information content (AvgIpc) is 3.25. The largest absolute Gasteiger partial charge is 0.497 e. The van der Waals surface area contributed by atoms with Crippen LogP contribution in [0.15, 0.2) is 24.3 Å². The van der Waals surface area contributed by atoms with Gasteiger partial charge in [0, 0.05) is 11.6 Å². The maximum absolute atomic E-state index is 13.2. The molecule has 2 bridgehead atoms. The lowest BCUT2D eigenvalue weighted by molar-refractivity contribution is -0.132. The van der Waals surface area contributed by atoms with Gasteiger partial charge in [-0.25, -0.2) is 0 Å². The van der Waals surface area contributed by atoms with Crippen LogP contribution in [0.4, 0.5) is 5.69 Å². The Morgan fingerprint density at radius 1 is 1.42 bits per heavy atom. The molecule has 24 heavy (non-hydrogen) atoms. The molecule has 4 fully saturated rings. The Kier molecular flexibility index (Phi) is 2.70. The number of hydrogen-bond donors (Lipinski definition) is 1. The molecule has 2 aliphatic carbocycles. The van der Waals surface area contributed by atoms with Crippen LogP contribution in [0.2, 0.25) is 0 Å². The zero-order valence-electron chi connectivity index (χ0n) is 13.4. The van der Waals surface area contributed by atoms with Crippen LogP contribution in [0, 0.1) is 36.0 Å². The maximum atomic E-state index is 13.2. The molecule has 1 N–H and O–H groups in total. The van der Waals surface area contributed by atoms with E-state index in [-0.39, 0.29) is 35.7 Å². The molecule has 1 amide bonds. The number of hydrogen-bond acceptors (Lipinski definition) is 4. The van der Waals surface area contributed by atoms with Crippen LogP contribution in [-0.4, -0.2) is 36.1 Å². The fourth-order valence-electron chi connectivity index (χ4n) is 5.75. The molecule has 5 nitrogen and oxygen atoms in total. The van der Waals surface area contributed by atoms with Gasteiger partial charge in [0.25, 0.3) is 0 Å². The summed E-state index contributed by atoms with van der Waals surface area (Å²) in [5.74, 6) is 3.62. The zero-order chi connectivity index (χ0) is 16.6. The number of aliphatic hydroxyl groups is 1. The van der Waals surface area contributed by atoms with Crippen molar-refractivity contribution in [3.05, 3.63) is 24.3 Å². The molecule has 0 radical (unpaired) electrons. The van der Waals surface area contributed by atoms with Crippen LogP contribution >= 0.6 is 0 Å². The van der Waals surface area contributed by atoms with Gasteiger partial charge >= 0.3 is 0 Å². The molecule has 0 aromatic heterocycles. The first-order valence-electron chi connectivity index (χ1n) is 8.40. The summed E-state index contributed by atoms with van der Waals surface area (Å²) < 4.78 is 11.6. The highest BCUT2D eigenvalue weighted by Crippen LogP contribution is 2.68. The number of nitrogens with zero attached hydrogens (tertiary/aromatic N) is 1. The maximum Gasteiger partial charge on any atom is 0.233 e. The van der Waals surface area contributed by atoms with Gasteiger partial charge in [0.1, 0.15) is 5.75 Å². The molecular formula is C19H19NO4. The minimum atomic E-state index is -0.813. The molecule has 4 aliphatic rings. The highest BCUT2D eigenvalue weighted by Gasteiger charge is 2.78. The van der Waals surface area contributed by atoms with Crippen molar-refractivity contribution >= 4 is 11.6 Å². The van der Waals surface area contributed by atoms with Crippen molar-refractivity contribution in [3.8, 4) is 18.1 Å². The molecule has 7 unspecified atom stereocenters. The number of carbonyl (C=O) groups excluding carboxylic acids is 1. The van der Waals surface area contributed by atoms with Gasteiger partial charge in [0.2, 0.25) is 5.91 Å². The fraction of sp³-hybridized carbons (Fsp3) is 0.526. The number of amides is 1. The number of anilines is 1. The Morgan fingerprint density at radius 3 is 2.83 bits per heavy atom. The van der Waals surface area contributed by atoms with Crippen molar-refractivity contribution in [2.24, 2.45) is 23.7 Å². The molecule has 5 heteroatoms. The van der Waals surface area contributed by atoms with Crippen LogP contribution in [0.1, 0.15) is 12.8 Å². The minimum Gasteiger partial charge on any atom is -0.497 e. The molecule has 2 heterocycles. The van der Waals surface area contributed by atoms with E-state index in [1.165, 1.54) is 0 Å². The summed E-state index contributed by atoms with van der Waals surface area (Å²) in [5.41, 5.74) is -0.0351. The van der Waals surface area contributed by atoms with Crippen molar-refractivity contribution < 1.29 is 19.4 Å². The topological polar surface area (TPSA) is 59.0 Å². The monoisotopic (exact) mass is 325 g/mol. The van der Waals surface area contributed by atoms with Gasteiger partial charge in [0.15, 0.2) is 5.72 Å². The summed E-state index contributed by atoms with van der Waals surface area (Å²) in [7, 11) is 1.61. The summed E-state index contributed by atoms with van der Waals surface area (Å²) in [4.78, 5) is 15.0. The SMILES string of the molecule is C#CCC12OC3C(O)C4CC3C1C4C(=O)N2c1ccc(OC)cc1. The third kappa shape index (κ3) is 1.43. The fourth-order valence-corrected chi connectivity index (χ4v) is 5.75. The lowest BCUT2D eigenvalue weighted by Gasteiger charge is -2.38. The molecular weight excluding hydrogens is 306 g/mol. The first-order chi connectivity index (χ1) is 11.6.